The summed E-state index contributed by atoms with van der Waals surface area (Å²) in [6.07, 6.45) is 4.58. The Morgan fingerprint density at radius 1 is 1.20 bits per heavy atom. The van der Waals surface area contributed by atoms with E-state index in [0.717, 1.165) is 27.6 Å². The number of hydrogen-bond acceptors (Lipinski definition) is 7. The summed E-state index contributed by atoms with van der Waals surface area (Å²) in [4.78, 5) is 36.8. The van der Waals surface area contributed by atoms with Gasteiger partial charge in [-0.05, 0) is 71.2 Å². The standard InChI is InChI=1S/C29H33ClN6O3S/c1-17-18(2)40-24-11-12-31-26(25(17)24)36(20-8-7-13-35(15-20)28(38)39-29(3,4)5)27(37)21-10-9-19(14-22(21)30)23-16-34(6)33-32-23/h9-12,14,16,20H,7-8,13,15H2,1-6H3/t20-/m1/s1. The fourth-order valence-corrected chi connectivity index (χ4v) is 6.34. The zero-order valence-corrected chi connectivity index (χ0v) is 25.1. The fraction of sp³-hybridized carbons (Fsp3) is 0.414. The molecular formula is C29H33ClN6O3S. The number of carbonyl (C=O) groups is 2. The second kappa shape index (κ2) is 10.8. The van der Waals surface area contributed by atoms with Gasteiger partial charge in [0.25, 0.3) is 5.91 Å². The van der Waals surface area contributed by atoms with E-state index in [2.05, 4.69) is 24.2 Å². The number of piperidine rings is 1. The van der Waals surface area contributed by atoms with Gasteiger partial charge < -0.3 is 9.64 Å². The highest BCUT2D eigenvalue weighted by atomic mass is 35.5. The van der Waals surface area contributed by atoms with Crippen LogP contribution in [0, 0.1) is 13.8 Å². The number of rotatable bonds is 4. The number of hydrogen-bond donors (Lipinski definition) is 0. The second-order valence-corrected chi connectivity index (χ2v) is 12.8. The van der Waals surface area contributed by atoms with Crippen molar-refractivity contribution >= 4 is 50.8 Å². The first kappa shape index (κ1) is 28.0. The van der Waals surface area contributed by atoms with E-state index in [-0.39, 0.29) is 18.0 Å². The number of fused-ring (bicyclic) bond motifs is 1. The third-order valence-corrected chi connectivity index (χ3v) is 8.50. The Morgan fingerprint density at radius 2 is 1.98 bits per heavy atom. The molecule has 1 fully saturated rings. The van der Waals surface area contributed by atoms with E-state index in [0.29, 0.717) is 41.6 Å². The molecule has 4 aromatic rings. The zero-order valence-electron chi connectivity index (χ0n) is 23.6. The Morgan fingerprint density at radius 3 is 2.65 bits per heavy atom. The van der Waals surface area contributed by atoms with Gasteiger partial charge in [0, 0.05) is 46.9 Å². The summed E-state index contributed by atoms with van der Waals surface area (Å²) in [6.45, 7) is 10.6. The van der Waals surface area contributed by atoms with Crippen LogP contribution >= 0.6 is 22.9 Å². The maximum absolute atomic E-state index is 14.4. The molecule has 0 saturated carbocycles. The molecule has 1 aliphatic rings. The Hall–Kier alpha value is -3.50. The highest BCUT2D eigenvalue weighted by Crippen LogP contribution is 2.38. The number of carbonyl (C=O) groups excluding carboxylic acids is 2. The fourth-order valence-electron chi connectivity index (χ4n) is 5.02. The molecule has 0 radical (unpaired) electrons. The average molecular weight is 581 g/mol. The van der Waals surface area contributed by atoms with Gasteiger partial charge in [0.05, 0.1) is 22.8 Å². The van der Waals surface area contributed by atoms with Gasteiger partial charge in [0.1, 0.15) is 17.1 Å². The van der Waals surface area contributed by atoms with Crippen LogP contribution in [0.3, 0.4) is 0 Å². The van der Waals surface area contributed by atoms with Gasteiger partial charge in [-0.15, -0.1) is 16.4 Å². The van der Waals surface area contributed by atoms with Crippen LogP contribution in [0.4, 0.5) is 10.6 Å². The summed E-state index contributed by atoms with van der Waals surface area (Å²) >= 11 is 8.43. The minimum atomic E-state index is -0.615. The number of nitrogens with zero attached hydrogens (tertiary/aromatic N) is 6. The normalized spacial score (nSPS) is 15.9. The third kappa shape index (κ3) is 5.55. The Bertz CT molecular complexity index is 1590. The smallest absolute Gasteiger partial charge is 0.410 e. The van der Waals surface area contributed by atoms with E-state index in [1.165, 1.54) is 4.88 Å². The molecule has 1 aliphatic heterocycles. The largest absolute Gasteiger partial charge is 0.444 e. The molecule has 1 aromatic carbocycles. The van der Waals surface area contributed by atoms with Crippen molar-refractivity contribution in [3.05, 3.63) is 57.7 Å². The molecule has 0 unspecified atom stereocenters. The first-order chi connectivity index (χ1) is 18.9. The lowest BCUT2D eigenvalue weighted by molar-refractivity contribution is 0.0196. The van der Waals surface area contributed by atoms with Crippen LogP contribution in [-0.2, 0) is 11.8 Å². The SMILES string of the molecule is Cc1sc2ccnc(N(C(=O)c3ccc(-c4cn(C)nn4)cc3Cl)[C@@H]3CCCN(C(=O)OC(C)(C)C)C3)c2c1C. The van der Waals surface area contributed by atoms with Crippen LogP contribution in [0.1, 0.15) is 54.4 Å². The van der Waals surface area contributed by atoms with Gasteiger partial charge in [-0.1, -0.05) is 22.9 Å². The number of ether oxygens (including phenoxy) is 1. The van der Waals surface area contributed by atoms with Crippen molar-refractivity contribution in [2.45, 2.75) is 59.1 Å². The molecule has 5 rings (SSSR count). The first-order valence-corrected chi connectivity index (χ1v) is 14.4. The van der Waals surface area contributed by atoms with E-state index < -0.39 is 5.60 Å². The van der Waals surface area contributed by atoms with Crippen LogP contribution in [-0.4, -0.2) is 61.6 Å². The minimum Gasteiger partial charge on any atom is -0.444 e. The van der Waals surface area contributed by atoms with E-state index in [1.54, 1.807) is 57.4 Å². The average Bonchev–Trinajstić information content (AvgIpc) is 3.46. The molecule has 0 bridgehead atoms. The lowest BCUT2D eigenvalue weighted by atomic mass is 10.0. The van der Waals surface area contributed by atoms with Crippen molar-refractivity contribution in [3.8, 4) is 11.3 Å². The van der Waals surface area contributed by atoms with Crippen molar-refractivity contribution in [3.63, 3.8) is 0 Å². The van der Waals surface area contributed by atoms with Crippen molar-refractivity contribution in [2.24, 2.45) is 7.05 Å². The lowest BCUT2D eigenvalue weighted by Crippen LogP contribution is -2.53. The minimum absolute atomic E-state index is 0.269. The maximum atomic E-state index is 14.4. The lowest BCUT2D eigenvalue weighted by Gasteiger charge is -2.39. The summed E-state index contributed by atoms with van der Waals surface area (Å²) in [5.74, 6) is 0.310. The molecule has 2 amide bonds. The van der Waals surface area contributed by atoms with Crippen molar-refractivity contribution < 1.29 is 14.3 Å². The van der Waals surface area contributed by atoms with Gasteiger partial charge in [0.2, 0.25) is 0 Å². The number of aryl methyl sites for hydroxylation is 3. The number of pyridine rings is 1. The highest BCUT2D eigenvalue weighted by molar-refractivity contribution is 7.19. The molecule has 1 saturated heterocycles. The van der Waals surface area contributed by atoms with Gasteiger partial charge >= 0.3 is 6.09 Å². The summed E-state index contributed by atoms with van der Waals surface area (Å²) in [7, 11) is 1.79. The Kier molecular flexibility index (Phi) is 7.58. The van der Waals surface area contributed by atoms with E-state index in [1.807, 2.05) is 32.9 Å². The maximum Gasteiger partial charge on any atom is 0.410 e. The molecule has 0 aliphatic carbocycles. The van der Waals surface area contributed by atoms with Crippen LogP contribution in [0.25, 0.3) is 21.3 Å². The molecule has 9 nitrogen and oxygen atoms in total. The van der Waals surface area contributed by atoms with Gasteiger partial charge in [-0.2, -0.15) is 0 Å². The molecule has 0 N–H and O–H groups in total. The summed E-state index contributed by atoms with van der Waals surface area (Å²) < 4.78 is 8.33. The molecule has 1 atom stereocenters. The Balaban J connectivity index is 1.57. The van der Waals surface area contributed by atoms with E-state index >= 15 is 0 Å². The zero-order chi connectivity index (χ0) is 28.8. The topological polar surface area (TPSA) is 93.5 Å². The monoisotopic (exact) mass is 580 g/mol. The predicted molar refractivity (Wildman–Crippen MR) is 158 cm³/mol. The quantitative estimate of drug-likeness (QED) is 0.277. The third-order valence-electron chi connectivity index (χ3n) is 7.02. The molecular weight excluding hydrogens is 548 g/mol. The number of thiophene rings is 1. The molecule has 0 spiro atoms. The van der Waals surface area contributed by atoms with Gasteiger partial charge in [0.15, 0.2) is 0 Å². The van der Waals surface area contributed by atoms with E-state index in [9.17, 15) is 9.59 Å². The van der Waals surface area contributed by atoms with Crippen LogP contribution in [0.15, 0.2) is 36.7 Å². The first-order valence-electron chi connectivity index (χ1n) is 13.3. The van der Waals surface area contributed by atoms with Crippen molar-refractivity contribution in [1.82, 2.24) is 24.9 Å². The van der Waals surface area contributed by atoms with E-state index in [4.69, 9.17) is 21.3 Å². The van der Waals surface area contributed by atoms with Crippen molar-refractivity contribution in [2.75, 3.05) is 18.0 Å². The molecule has 11 heteroatoms. The van der Waals surface area contributed by atoms with Gasteiger partial charge in [-0.3, -0.25) is 14.4 Å². The summed E-state index contributed by atoms with van der Waals surface area (Å²) in [5.41, 5.74) is 2.25. The number of aromatic nitrogens is 4. The van der Waals surface area contributed by atoms with Gasteiger partial charge in [-0.25, -0.2) is 9.78 Å². The Labute approximate surface area is 242 Å². The van der Waals surface area contributed by atoms with Crippen LogP contribution < -0.4 is 4.90 Å². The molecule has 210 valence electrons. The summed E-state index contributed by atoms with van der Waals surface area (Å²) in [6, 6.07) is 6.94. The number of likely N-dealkylation sites (tertiary alicyclic amines) is 1. The van der Waals surface area contributed by atoms with Crippen LogP contribution in [0.5, 0.6) is 0 Å². The van der Waals surface area contributed by atoms with Crippen LogP contribution in [0.2, 0.25) is 5.02 Å². The number of amides is 2. The molecule has 3 aromatic heterocycles. The predicted octanol–water partition coefficient (Wildman–Crippen LogP) is 6.41. The second-order valence-electron chi connectivity index (χ2n) is 11.2. The number of benzene rings is 1. The highest BCUT2D eigenvalue weighted by Gasteiger charge is 2.36. The number of anilines is 1. The number of halogens is 1. The molecule has 40 heavy (non-hydrogen) atoms. The van der Waals surface area contributed by atoms with Crippen molar-refractivity contribution in [1.29, 1.82) is 0 Å². The molecule has 4 heterocycles. The summed E-state index contributed by atoms with van der Waals surface area (Å²) in [5, 5.41) is 9.40.